The standard InChI is InChI=1S/C20H21ClN2O2/c1-3-14(2)22-20(25)16-5-4-6-18(13-16)23-19(24)12-9-15-7-10-17(21)11-8-15/h4-14H,3H2,1-2H3,(H,22,25)(H,23,24)/b12-9+. The molecule has 2 aromatic rings. The van der Waals surface area contributed by atoms with Crippen molar-refractivity contribution in [2.75, 3.05) is 5.32 Å². The third kappa shape index (κ3) is 6.08. The lowest BCUT2D eigenvalue weighted by Gasteiger charge is -2.12. The highest BCUT2D eigenvalue weighted by atomic mass is 35.5. The van der Waals surface area contributed by atoms with Crippen molar-refractivity contribution in [2.45, 2.75) is 26.3 Å². The number of carbonyl (C=O) groups is 2. The highest BCUT2D eigenvalue weighted by Gasteiger charge is 2.09. The number of hydrogen-bond donors (Lipinski definition) is 2. The molecule has 0 radical (unpaired) electrons. The summed E-state index contributed by atoms with van der Waals surface area (Å²) in [5, 5.41) is 6.30. The molecular weight excluding hydrogens is 336 g/mol. The molecule has 1 atom stereocenters. The SMILES string of the molecule is CCC(C)NC(=O)c1cccc(NC(=O)/C=C/c2ccc(Cl)cc2)c1. The summed E-state index contributed by atoms with van der Waals surface area (Å²) in [6, 6.07) is 14.1. The molecule has 25 heavy (non-hydrogen) atoms. The van der Waals surface area contributed by atoms with E-state index in [1.165, 1.54) is 6.08 Å². The molecule has 2 rings (SSSR count). The fourth-order valence-corrected chi connectivity index (χ4v) is 2.20. The molecule has 1 unspecified atom stereocenters. The fourth-order valence-electron chi connectivity index (χ4n) is 2.08. The van der Waals surface area contributed by atoms with Crippen LogP contribution >= 0.6 is 11.6 Å². The number of rotatable bonds is 6. The van der Waals surface area contributed by atoms with E-state index >= 15 is 0 Å². The average Bonchev–Trinajstić information content (AvgIpc) is 2.61. The first-order chi connectivity index (χ1) is 12.0. The molecule has 0 heterocycles. The van der Waals surface area contributed by atoms with Gasteiger partial charge in [0.15, 0.2) is 0 Å². The Hall–Kier alpha value is -2.59. The number of amides is 2. The number of carbonyl (C=O) groups excluding carboxylic acids is 2. The van der Waals surface area contributed by atoms with Gasteiger partial charge >= 0.3 is 0 Å². The first kappa shape index (κ1) is 18.7. The van der Waals surface area contributed by atoms with Gasteiger partial charge in [0.1, 0.15) is 0 Å². The van der Waals surface area contributed by atoms with Crippen molar-refractivity contribution in [3.05, 3.63) is 70.8 Å². The second kappa shape index (κ2) is 9.04. The van der Waals surface area contributed by atoms with E-state index in [4.69, 9.17) is 11.6 Å². The van der Waals surface area contributed by atoms with Crippen molar-refractivity contribution in [1.29, 1.82) is 0 Å². The molecule has 2 aromatic carbocycles. The van der Waals surface area contributed by atoms with Crippen LogP contribution in [0.5, 0.6) is 0 Å². The van der Waals surface area contributed by atoms with Gasteiger partial charge in [0.2, 0.25) is 5.91 Å². The maximum absolute atomic E-state index is 12.1. The Balaban J connectivity index is 2.00. The first-order valence-electron chi connectivity index (χ1n) is 8.13. The van der Waals surface area contributed by atoms with Gasteiger partial charge in [-0.25, -0.2) is 0 Å². The Bertz CT molecular complexity index is 770. The van der Waals surface area contributed by atoms with Gasteiger partial charge in [-0.1, -0.05) is 36.7 Å². The largest absolute Gasteiger partial charge is 0.350 e. The van der Waals surface area contributed by atoms with Gasteiger partial charge in [-0.15, -0.1) is 0 Å². The van der Waals surface area contributed by atoms with E-state index in [0.29, 0.717) is 16.3 Å². The predicted molar refractivity (Wildman–Crippen MR) is 103 cm³/mol. The van der Waals surface area contributed by atoms with Gasteiger partial charge in [0.25, 0.3) is 5.91 Å². The Morgan fingerprint density at radius 2 is 1.88 bits per heavy atom. The Morgan fingerprint density at radius 1 is 1.16 bits per heavy atom. The summed E-state index contributed by atoms with van der Waals surface area (Å²) in [4.78, 5) is 24.2. The van der Waals surface area contributed by atoms with Crippen LogP contribution in [-0.2, 0) is 4.79 Å². The van der Waals surface area contributed by atoms with E-state index in [9.17, 15) is 9.59 Å². The lowest BCUT2D eigenvalue weighted by atomic mass is 10.1. The van der Waals surface area contributed by atoms with Crippen molar-refractivity contribution in [3.63, 3.8) is 0 Å². The summed E-state index contributed by atoms with van der Waals surface area (Å²) in [6.07, 6.45) is 4.00. The topological polar surface area (TPSA) is 58.2 Å². The normalized spacial score (nSPS) is 12.0. The molecule has 2 N–H and O–H groups in total. The molecule has 0 saturated heterocycles. The van der Waals surface area contributed by atoms with Crippen LogP contribution in [0, 0.1) is 0 Å². The smallest absolute Gasteiger partial charge is 0.251 e. The second-order valence-electron chi connectivity index (χ2n) is 5.74. The van der Waals surface area contributed by atoms with Crippen LogP contribution in [0.1, 0.15) is 36.2 Å². The third-order valence-electron chi connectivity index (χ3n) is 3.68. The number of anilines is 1. The molecule has 5 heteroatoms. The van der Waals surface area contributed by atoms with Gasteiger partial charge in [-0.2, -0.15) is 0 Å². The van der Waals surface area contributed by atoms with Crippen molar-refractivity contribution >= 4 is 35.2 Å². The number of halogens is 1. The van der Waals surface area contributed by atoms with Gasteiger partial charge in [0, 0.05) is 28.4 Å². The minimum absolute atomic E-state index is 0.105. The fraction of sp³-hybridized carbons (Fsp3) is 0.200. The maximum atomic E-state index is 12.1. The van der Waals surface area contributed by atoms with E-state index in [1.807, 2.05) is 26.0 Å². The molecule has 0 aliphatic heterocycles. The predicted octanol–water partition coefficient (Wildman–Crippen LogP) is 4.52. The van der Waals surface area contributed by atoms with Gasteiger partial charge < -0.3 is 10.6 Å². The lowest BCUT2D eigenvalue weighted by Crippen LogP contribution is -2.31. The summed E-state index contributed by atoms with van der Waals surface area (Å²) in [7, 11) is 0. The zero-order valence-electron chi connectivity index (χ0n) is 14.3. The van der Waals surface area contributed by atoms with Crippen LogP contribution in [0.4, 0.5) is 5.69 Å². The van der Waals surface area contributed by atoms with Crippen molar-refractivity contribution in [3.8, 4) is 0 Å². The summed E-state index contributed by atoms with van der Waals surface area (Å²) in [5.74, 6) is -0.420. The van der Waals surface area contributed by atoms with Gasteiger partial charge in [-0.3, -0.25) is 9.59 Å². The van der Waals surface area contributed by atoms with Crippen LogP contribution in [-0.4, -0.2) is 17.9 Å². The molecule has 130 valence electrons. The first-order valence-corrected chi connectivity index (χ1v) is 8.51. The third-order valence-corrected chi connectivity index (χ3v) is 3.93. The Labute approximate surface area is 152 Å². The summed E-state index contributed by atoms with van der Waals surface area (Å²) >= 11 is 5.83. The van der Waals surface area contributed by atoms with E-state index < -0.39 is 0 Å². The molecule has 0 saturated carbocycles. The molecule has 0 aliphatic carbocycles. The highest BCUT2D eigenvalue weighted by Crippen LogP contribution is 2.13. The van der Waals surface area contributed by atoms with Crippen LogP contribution in [0.25, 0.3) is 6.08 Å². The van der Waals surface area contributed by atoms with E-state index in [1.54, 1.807) is 42.5 Å². The zero-order chi connectivity index (χ0) is 18.2. The molecule has 4 nitrogen and oxygen atoms in total. The summed E-state index contributed by atoms with van der Waals surface area (Å²) in [6.45, 7) is 3.96. The summed E-state index contributed by atoms with van der Waals surface area (Å²) in [5.41, 5.74) is 1.96. The van der Waals surface area contributed by atoms with Crippen LogP contribution in [0.2, 0.25) is 5.02 Å². The van der Waals surface area contributed by atoms with E-state index in [-0.39, 0.29) is 17.9 Å². The van der Waals surface area contributed by atoms with E-state index in [0.717, 1.165) is 12.0 Å². The van der Waals surface area contributed by atoms with Gasteiger partial charge in [-0.05, 0) is 55.3 Å². The molecule has 2 amide bonds. The molecule has 0 aromatic heterocycles. The second-order valence-corrected chi connectivity index (χ2v) is 6.17. The van der Waals surface area contributed by atoms with Gasteiger partial charge in [0.05, 0.1) is 0 Å². The number of nitrogens with one attached hydrogen (secondary N) is 2. The Morgan fingerprint density at radius 3 is 2.56 bits per heavy atom. The number of benzene rings is 2. The van der Waals surface area contributed by atoms with E-state index in [2.05, 4.69) is 10.6 Å². The monoisotopic (exact) mass is 356 g/mol. The van der Waals surface area contributed by atoms with Crippen LogP contribution in [0.3, 0.4) is 0 Å². The zero-order valence-corrected chi connectivity index (χ0v) is 15.0. The summed E-state index contributed by atoms with van der Waals surface area (Å²) < 4.78 is 0. The molecular formula is C20H21ClN2O2. The van der Waals surface area contributed by atoms with Crippen LogP contribution < -0.4 is 10.6 Å². The van der Waals surface area contributed by atoms with Crippen LogP contribution in [0.15, 0.2) is 54.6 Å². The van der Waals surface area contributed by atoms with Crippen molar-refractivity contribution in [1.82, 2.24) is 5.32 Å². The Kier molecular flexibility index (Phi) is 6.78. The maximum Gasteiger partial charge on any atom is 0.251 e. The van der Waals surface area contributed by atoms with Crippen molar-refractivity contribution < 1.29 is 9.59 Å². The number of hydrogen-bond acceptors (Lipinski definition) is 2. The molecule has 0 fully saturated rings. The molecule has 0 aliphatic rings. The van der Waals surface area contributed by atoms with Crippen molar-refractivity contribution in [2.24, 2.45) is 0 Å². The average molecular weight is 357 g/mol. The highest BCUT2D eigenvalue weighted by molar-refractivity contribution is 6.30. The molecule has 0 spiro atoms. The lowest BCUT2D eigenvalue weighted by molar-refractivity contribution is -0.111. The quantitative estimate of drug-likeness (QED) is 0.747. The minimum Gasteiger partial charge on any atom is -0.350 e. The molecule has 0 bridgehead atoms. The minimum atomic E-state index is -0.269.